The number of aromatic hydroxyl groups is 1. The zero-order valence-electron chi connectivity index (χ0n) is 16.6. The molecule has 0 bridgehead atoms. The summed E-state index contributed by atoms with van der Waals surface area (Å²) < 4.78 is 6.54. The first kappa shape index (κ1) is 22.6. The second kappa shape index (κ2) is 10.3. The lowest BCUT2D eigenvalue weighted by Gasteiger charge is -2.24. The number of carbonyl (C=O) groups excluding carboxylic acids is 2. The normalized spacial score (nSPS) is 13.0. The summed E-state index contributed by atoms with van der Waals surface area (Å²) in [6, 6.07) is 18.1. The Morgan fingerprint density at radius 1 is 1.10 bits per heavy atom. The Morgan fingerprint density at radius 2 is 1.84 bits per heavy atom. The lowest BCUT2D eigenvalue weighted by molar-refractivity contribution is -0.124. The molecule has 0 heterocycles. The van der Waals surface area contributed by atoms with Crippen LogP contribution in [0.15, 0.2) is 72.8 Å². The van der Waals surface area contributed by atoms with E-state index in [2.05, 4.69) is 27.9 Å². The molecule has 7 nitrogen and oxygen atoms in total. The van der Waals surface area contributed by atoms with Gasteiger partial charge in [0.15, 0.2) is 0 Å². The van der Waals surface area contributed by atoms with Crippen molar-refractivity contribution in [2.24, 2.45) is 5.92 Å². The number of halogens is 1. The number of hydrogen-bond donors (Lipinski definition) is 4. The van der Waals surface area contributed by atoms with Gasteiger partial charge in [-0.2, -0.15) is 0 Å². The maximum atomic E-state index is 12.8. The van der Waals surface area contributed by atoms with Gasteiger partial charge in [0.05, 0.1) is 5.69 Å². The number of hydrogen-bond acceptors (Lipinski definition) is 5. The Hall–Kier alpha value is -3.11. The number of carbonyl (C=O) groups is 2. The minimum atomic E-state index is -0.882. The highest BCUT2D eigenvalue weighted by atomic mass is 127. The molecule has 0 fully saturated rings. The standard InChI is InChI=1S/C23H21IN2O5/c1-14(9-12-21(28)26-30)22(18-13-16(24)10-11-20(18)27)31-23(29)25-19-8-4-6-15-5-2-3-7-17(15)19/h2-14,22,27,30H,1H3,(H,25,29)(H,26,28)/b12-9+/t14-,22-/m1/s1. The smallest absolute Gasteiger partial charge is 0.412 e. The third-order valence-electron chi connectivity index (χ3n) is 4.70. The lowest BCUT2D eigenvalue weighted by Crippen LogP contribution is -2.22. The molecule has 0 radical (unpaired) electrons. The van der Waals surface area contributed by atoms with Crippen LogP contribution in [-0.2, 0) is 9.53 Å². The zero-order valence-corrected chi connectivity index (χ0v) is 18.7. The van der Waals surface area contributed by atoms with Crippen molar-refractivity contribution in [2.75, 3.05) is 5.32 Å². The molecule has 0 unspecified atom stereocenters. The summed E-state index contributed by atoms with van der Waals surface area (Å²) in [5.74, 6) is -1.23. The first-order chi connectivity index (χ1) is 14.9. The van der Waals surface area contributed by atoms with E-state index in [4.69, 9.17) is 9.94 Å². The maximum absolute atomic E-state index is 12.8. The quantitative estimate of drug-likeness (QED) is 0.152. The molecule has 2 atom stereocenters. The van der Waals surface area contributed by atoms with Gasteiger partial charge in [0, 0.05) is 26.5 Å². The highest BCUT2D eigenvalue weighted by Crippen LogP contribution is 2.35. The molecule has 8 heteroatoms. The number of nitrogens with one attached hydrogen (secondary N) is 2. The molecular weight excluding hydrogens is 511 g/mol. The molecule has 0 spiro atoms. The second-order valence-corrected chi connectivity index (χ2v) is 8.12. The fourth-order valence-corrected chi connectivity index (χ4v) is 3.69. The van der Waals surface area contributed by atoms with Crippen molar-refractivity contribution in [3.05, 3.63) is 81.9 Å². The number of phenols is 1. The summed E-state index contributed by atoms with van der Waals surface area (Å²) in [6.07, 6.45) is 1.04. The van der Waals surface area contributed by atoms with Gasteiger partial charge in [0.25, 0.3) is 5.91 Å². The third kappa shape index (κ3) is 5.74. The summed E-state index contributed by atoms with van der Waals surface area (Å²) in [4.78, 5) is 24.1. The van der Waals surface area contributed by atoms with Gasteiger partial charge < -0.3 is 9.84 Å². The van der Waals surface area contributed by atoms with E-state index in [0.717, 1.165) is 20.4 Å². The van der Waals surface area contributed by atoms with Crippen LogP contribution >= 0.6 is 22.6 Å². The summed E-state index contributed by atoms with van der Waals surface area (Å²) in [7, 11) is 0. The molecule has 0 aliphatic carbocycles. The van der Waals surface area contributed by atoms with E-state index in [1.165, 1.54) is 17.6 Å². The number of benzene rings is 3. The molecule has 3 aromatic rings. The van der Waals surface area contributed by atoms with Crippen molar-refractivity contribution in [3.63, 3.8) is 0 Å². The Labute approximate surface area is 192 Å². The predicted molar refractivity (Wildman–Crippen MR) is 126 cm³/mol. The largest absolute Gasteiger partial charge is 0.508 e. The van der Waals surface area contributed by atoms with Gasteiger partial charge in [-0.25, -0.2) is 10.3 Å². The van der Waals surface area contributed by atoms with Crippen LogP contribution in [0.25, 0.3) is 10.8 Å². The van der Waals surface area contributed by atoms with Crippen molar-refractivity contribution < 1.29 is 24.6 Å². The SMILES string of the molecule is C[C@H](/C=C/C(=O)NO)[C@@H](OC(=O)Nc1cccc2ccccc12)c1cc(I)ccc1O. The summed E-state index contributed by atoms with van der Waals surface area (Å²) >= 11 is 2.10. The van der Waals surface area contributed by atoms with Crippen molar-refractivity contribution in [3.8, 4) is 5.75 Å². The average molecular weight is 532 g/mol. The Balaban J connectivity index is 1.88. The maximum Gasteiger partial charge on any atom is 0.412 e. The molecule has 0 saturated heterocycles. The van der Waals surface area contributed by atoms with Gasteiger partial charge in [0.2, 0.25) is 0 Å². The first-order valence-corrected chi connectivity index (χ1v) is 10.5. The molecule has 2 amide bonds. The lowest BCUT2D eigenvalue weighted by atomic mass is 9.96. The molecule has 3 aromatic carbocycles. The van der Waals surface area contributed by atoms with Gasteiger partial charge in [-0.15, -0.1) is 0 Å². The van der Waals surface area contributed by atoms with Crippen molar-refractivity contribution in [2.45, 2.75) is 13.0 Å². The zero-order chi connectivity index (χ0) is 22.4. The summed E-state index contributed by atoms with van der Waals surface area (Å²) in [6.45, 7) is 1.73. The number of hydroxylamine groups is 1. The fourth-order valence-electron chi connectivity index (χ4n) is 3.17. The molecule has 0 aliphatic heterocycles. The number of ether oxygens (including phenoxy) is 1. The van der Waals surface area contributed by atoms with E-state index in [1.54, 1.807) is 25.1 Å². The van der Waals surface area contributed by atoms with Crippen LogP contribution in [0.3, 0.4) is 0 Å². The van der Waals surface area contributed by atoms with Crippen LogP contribution < -0.4 is 10.8 Å². The van der Waals surface area contributed by atoms with Crippen LogP contribution in [0.1, 0.15) is 18.6 Å². The first-order valence-electron chi connectivity index (χ1n) is 9.45. The molecule has 0 aromatic heterocycles. The van der Waals surface area contributed by atoms with E-state index >= 15 is 0 Å². The summed E-state index contributed by atoms with van der Waals surface area (Å²) in [5.41, 5.74) is 2.51. The van der Waals surface area contributed by atoms with Gasteiger partial charge >= 0.3 is 6.09 Å². The molecule has 31 heavy (non-hydrogen) atoms. The van der Waals surface area contributed by atoms with Crippen LogP contribution in [0.4, 0.5) is 10.5 Å². The van der Waals surface area contributed by atoms with Gasteiger partial charge in [-0.05, 0) is 52.2 Å². The molecule has 0 aliphatic rings. The van der Waals surface area contributed by atoms with E-state index in [9.17, 15) is 14.7 Å². The van der Waals surface area contributed by atoms with E-state index in [-0.39, 0.29) is 5.75 Å². The number of anilines is 1. The molecule has 0 saturated carbocycles. The monoisotopic (exact) mass is 532 g/mol. The van der Waals surface area contributed by atoms with Crippen LogP contribution in [0.5, 0.6) is 5.75 Å². The minimum absolute atomic E-state index is 0.0322. The highest BCUT2D eigenvalue weighted by Gasteiger charge is 2.25. The number of rotatable bonds is 6. The van der Waals surface area contributed by atoms with Crippen molar-refractivity contribution in [1.29, 1.82) is 0 Å². The second-order valence-electron chi connectivity index (χ2n) is 6.88. The topological polar surface area (TPSA) is 108 Å². The van der Waals surface area contributed by atoms with Crippen LogP contribution in [0.2, 0.25) is 0 Å². The molecule has 3 rings (SSSR count). The van der Waals surface area contributed by atoms with Crippen LogP contribution in [-0.4, -0.2) is 22.3 Å². The van der Waals surface area contributed by atoms with Gasteiger partial charge in [0.1, 0.15) is 11.9 Å². The van der Waals surface area contributed by atoms with Crippen molar-refractivity contribution in [1.82, 2.24) is 5.48 Å². The number of phenolic OH excluding ortho intramolecular Hbond substituents is 1. The van der Waals surface area contributed by atoms with E-state index in [0.29, 0.717) is 11.3 Å². The highest BCUT2D eigenvalue weighted by molar-refractivity contribution is 14.1. The molecule has 4 N–H and O–H groups in total. The predicted octanol–water partition coefficient (Wildman–Crippen LogP) is 5.14. The average Bonchev–Trinajstić information content (AvgIpc) is 2.77. The van der Waals surface area contributed by atoms with E-state index in [1.807, 2.05) is 36.4 Å². The number of amides is 2. The fraction of sp³-hybridized carbons (Fsp3) is 0.130. The number of fused-ring (bicyclic) bond motifs is 1. The van der Waals surface area contributed by atoms with Crippen LogP contribution in [0, 0.1) is 9.49 Å². The Kier molecular flexibility index (Phi) is 7.48. The van der Waals surface area contributed by atoms with Gasteiger partial charge in [-0.1, -0.05) is 49.4 Å². The van der Waals surface area contributed by atoms with Crippen molar-refractivity contribution >= 4 is 51.1 Å². The molecule has 160 valence electrons. The van der Waals surface area contributed by atoms with Gasteiger partial charge in [-0.3, -0.25) is 15.3 Å². The molecular formula is C23H21IN2O5. The Bertz CT molecular complexity index is 1130. The third-order valence-corrected chi connectivity index (χ3v) is 5.37. The Morgan fingerprint density at radius 3 is 2.61 bits per heavy atom. The summed E-state index contributed by atoms with van der Waals surface area (Å²) in [5, 5.41) is 23.7. The minimum Gasteiger partial charge on any atom is -0.508 e. The van der Waals surface area contributed by atoms with E-state index < -0.39 is 24.0 Å².